The summed E-state index contributed by atoms with van der Waals surface area (Å²) >= 11 is 0. The largest absolute Gasteiger partial charge is 0.472 e. The zero-order chi connectivity index (χ0) is 47.9. The van der Waals surface area contributed by atoms with E-state index in [0.717, 1.165) is 69.9 Å². The van der Waals surface area contributed by atoms with E-state index in [9.17, 15) is 19.0 Å². The number of quaternary nitrogens is 1. The lowest BCUT2D eigenvalue weighted by atomic mass is 10.1. The first-order chi connectivity index (χ1) is 28.1. The predicted octanol–water partition coefficient (Wildman–Crippen LogP) is 12.1. The van der Waals surface area contributed by atoms with Crippen LogP contribution in [0, 0.1) is 0 Å². The SMILES string of the molecule is C[N+](C)(C)CCOP(=O)(O)OCC(COC(=O)CCCCCCCCC[Si](C)(C)O[Si](C)(C)O[Si](C)(C)C)OC(=O)CCCCCCCCC[Si](C)(C)O[Si](C)(C)O[Si](C)(C)C. The third kappa shape index (κ3) is 39.3. The number of hydrogen-bond acceptors (Lipinski definition) is 11. The van der Waals surface area contributed by atoms with E-state index in [1.807, 2.05) is 21.1 Å². The molecule has 0 bridgehead atoms. The minimum atomic E-state index is -4.41. The van der Waals surface area contributed by atoms with Gasteiger partial charge in [0, 0.05) is 12.8 Å². The van der Waals surface area contributed by atoms with Crippen molar-refractivity contribution in [1.82, 2.24) is 0 Å². The van der Waals surface area contributed by atoms with Crippen LogP contribution >= 0.6 is 7.82 Å². The summed E-state index contributed by atoms with van der Waals surface area (Å²) in [6.07, 6.45) is 13.9. The summed E-state index contributed by atoms with van der Waals surface area (Å²) in [6, 6.07) is 2.27. The highest BCUT2D eigenvalue weighted by Gasteiger charge is 2.39. The van der Waals surface area contributed by atoms with Gasteiger partial charge in [0.15, 0.2) is 39.4 Å². The molecule has 2 atom stereocenters. The number of rotatable bonds is 38. The van der Waals surface area contributed by atoms with Gasteiger partial charge in [0.1, 0.15) is 19.8 Å². The van der Waals surface area contributed by atoms with Crippen molar-refractivity contribution in [2.75, 3.05) is 47.5 Å². The van der Waals surface area contributed by atoms with Crippen LogP contribution in [0.15, 0.2) is 0 Å². The minimum absolute atomic E-state index is 0.0159. The maximum Gasteiger partial charge on any atom is 0.472 e. The topological polar surface area (TPSA) is 145 Å². The molecule has 13 nitrogen and oxygen atoms in total. The second-order valence-electron chi connectivity index (χ2n) is 22.3. The first kappa shape index (κ1) is 62.2. The van der Waals surface area contributed by atoms with Crippen LogP contribution in [0.1, 0.15) is 103 Å². The highest BCUT2D eigenvalue weighted by molar-refractivity contribution is 7.47. The van der Waals surface area contributed by atoms with Crippen LogP contribution in [-0.4, -0.2) is 125 Å². The van der Waals surface area contributed by atoms with E-state index >= 15 is 0 Å². The van der Waals surface area contributed by atoms with E-state index in [1.165, 1.54) is 19.3 Å². The molecule has 20 heteroatoms. The van der Waals surface area contributed by atoms with E-state index in [1.54, 1.807) is 0 Å². The monoisotopic (exact) mass is 1010 g/mol. The number of likely N-dealkylation sites (N-methyl/N-ethyl adjacent to an activating group) is 1. The first-order valence-corrected chi connectivity index (χ1v) is 43.9. The lowest BCUT2D eigenvalue weighted by molar-refractivity contribution is -0.870. The molecule has 0 saturated heterocycles. The molecule has 0 aromatic rings. The molecule has 0 aliphatic carbocycles. The zero-order valence-electron chi connectivity index (χ0n) is 43.0. The quantitative estimate of drug-likeness (QED) is 0.0207. The Labute approximate surface area is 387 Å². The minimum Gasteiger partial charge on any atom is -0.462 e. The van der Waals surface area contributed by atoms with Crippen LogP contribution in [0.2, 0.25) is 104 Å². The van der Waals surface area contributed by atoms with Gasteiger partial charge in [-0.25, -0.2) is 4.57 Å². The maximum atomic E-state index is 12.8. The number of nitrogens with zero attached hydrogens (tertiary/aromatic N) is 1. The van der Waals surface area contributed by atoms with Gasteiger partial charge in [-0.1, -0.05) is 77.0 Å². The van der Waals surface area contributed by atoms with Crippen molar-refractivity contribution in [2.45, 2.75) is 213 Å². The number of phosphoric ester groups is 1. The predicted molar refractivity (Wildman–Crippen MR) is 270 cm³/mol. The van der Waals surface area contributed by atoms with Crippen LogP contribution in [0.4, 0.5) is 0 Å². The first-order valence-electron chi connectivity index (χ1n) is 23.7. The molecule has 0 saturated carbocycles. The molecule has 2 unspecified atom stereocenters. The van der Waals surface area contributed by atoms with Crippen LogP contribution in [0.25, 0.3) is 0 Å². The molecule has 0 radical (unpaired) electrons. The molecule has 0 rings (SSSR count). The van der Waals surface area contributed by atoms with Gasteiger partial charge in [0.05, 0.1) is 27.7 Å². The number of phosphoric acid groups is 1. The highest BCUT2D eigenvalue weighted by atomic mass is 31.2. The Morgan fingerprint density at radius 1 is 0.516 bits per heavy atom. The Kier molecular flexibility index (Phi) is 29.2. The van der Waals surface area contributed by atoms with Gasteiger partial charge < -0.3 is 35.3 Å². The fourth-order valence-corrected chi connectivity index (χ4v) is 34.9. The third-order valence-corrected chi connectivity index (χ3v) is 30.9. The summed E-state index contributed by atoms with van der Waals surface area (Å²) in [6.45, 7) is 31.1. The van der Waals surface area contributed by atoms with Crippen LogP contribution in [0.5, 0.6) is 0 Å². The Morgan fingerprint density at radius 2 is 0.887 bits per heavy atom. The van der Waals surface area contributed by atoms with E-state index in [0.29, 0.717) is 23.9 Å². The Balaban J connectivity index is 4.66. The summed E-state index contributed by atoms with van der Waals surface area (Å²) in [5.41, 5.74) is 0. The van der Waals surface area contributed by atoms with Crippen molar-refractivity contribution >= 4 is 70.2 Å². The molecular formula is C42H97NO12PSi6+. The fraction of sp³-hybridized carbons (Fsp3) is 0.952. The average Bonchev–Trinajstić information content (AvgIpc) is 3.03. The van der Waals surface area contributed by atoms with Gasteiger partial charge in [-0.15, -0.1) is 0 Å². The molecule has 0 fully saturated rings. The van der Waals surface area contributed by atoms with Gasteiger partial charge in [0.2, 0.25) is 0 Å². The average molecular weight is 1010 g/mol. The maximum absolute atomic E-state index is 12.8. The zero-order valence-corrected chi connectivity index (χ0v) is 49.9. The Morgan fingerprint density at radius 3 is 1.27 bits per heavy atom. The number of hydrogen-bond donors (Lipinski definition) is 1. The van der Waals surface area contributed by atoms with Crippen molar-refractivity contribution in [2.24, 2.45) is 0 Å². The summed E-state index contributed by atoms with van der Waals surface area (Å²) in [5, 5.41) is 0. The van der Waals surface area contributed by atoms with Gasteiger partial charge in [0.25, 0.3) is 0 Å². The number of unbranched alkanes of at least 4 members (excludes halogenated alkanes) is 12. The van der Waals surface area contributed by atoms with Crippen molar-refractivity contribution in [3.8, 4) is 0 Å². The summed E-state index contributed by atoms with van der Waals surface area (Å²) in [7, 11) is -9.63. The molecule has 370 valence electrons. The van der Waals surface area contributed by atoms with Crippen molar-refractivity contribution in [3.63, 3.8) is 0 Å². The van der Waals surface area contributed by atoms with Crippen molar-refractivity contribution in [1.29, 1.82) is 0 Å². The molecular weight excluding hydrogens is 910 g/mol. The molecule has 0 aliphatic rings. The van der Waals surface area contributed by atoms with Crippen LogP contribution in [0.3, 0.4) is 0 Å². The van der Waals surface area contributed by atoms with Gasteiger partial charge in [-0.3, -0.25) is 18.6 Å². The van der Waals surface area contributed by atoms with Gasteiger partial charge >= 0.3 is 36.9 Å². The van der Waals surface area contributed by atoms with Crippen LogP contribution < -0.4 is 0 Å². The second kappa shape index (κ2) is 29.1. The lowest BCUT2D eigenvalue weighted by Crippen LogP contribution is -2.51. The number of ether oxygens (including phenoxy) is 2. The van der Waals surface area contributed by atoms with E-state index in [-0.39, 0.29) is 26.1 Å². The normalized spacial score (nSPS) is 15.1. The summed E-state index contributed by atoms with van der Waals surface area (Å²) in [4.78, 5) is 35.7. The highest BCUT2D eigenvalue weighted by Crippen LogP contribution is 2.43. The summed E-state index contributed by atoms with van der Waals surface area (Å²) in [5.74, 6) is -0.848. The molecule has 0 aromatic carbocycles. The molecule has 0 amide bonds. The fourth-order valence-electron chi connectivity index (χ4n) is 7.62. The van der Waals surface area contributed by atoms with E-state index in [2.05, 4.69) is 91.7 Å². The number of carbonyl (C=O) groups excluding carboxylic acids is 2. The molecule has 0 heterocycles. The lowest BCUT2D eigenvalue weighted by Gasteiger charge is -2.37. The van der Waals surface area contributed by atoms with E-state index in [4.69, 9.17) is 35.0 Å². The number of esters is 2. The van der Waals surface area contributed by atoms with Crippen LogP contribution in [-0.2, 0) is 49.1 Å². The molecule has 1 N–H and O–H groups in total. The molecule has 0 aliphatic heterocycles. The van der Waals surface area contributed by atoms with E-state index < -0.39 is 82.9 Å². The molecule has 0 spiro atoms. The molecule has 0 aromatic heterocycles. The Bertz CT molecular complexity index is 1310. The Hall–Kier alpha value is 0.151. The molecule has 62 heavy (non-hydrogen) atoms. The third-order valence-electron chi connectivity index (χ3n) is 9.64. The smallest absolute Gasteiger partial charge is 0.462 e. The number of carbonyl (C=O) groups is 2. The van der Waals surface area contributed by atoms with Gasteiger partial charge in [-0.2, -0.15) is 0 Å². The standard InChI is InChI=1S/C42H96NO12PSi6/c1-43(2,3)34-35-49-56(46,47)50-39-40(51-42(45)33-29-25-21-19-23-27-31-37-60(12,13)55-62(16,17)53-58(7,8)9)38-48-41(44)32-28-24-20-18-22-26-30-36-59(10,11)54-61(14,15)52-57(4,5)6/h40H,18-39H2,1-17H3/p+1. The second-order valence-corrected chi connectivity index (χ2v) is 49.1. The summed E-state index contributed by atoms with van der Waals surface area (Å²) < 4.78 is 60.6. The van der Waals surface area contributed by atoms with Crippen molar-refractivity contribution in [3.05, 3.63) is 0 Å². The van der Waals surface area contributed by atoms with Crippen molar-refractivity contribution < 1.29 is 58.5 Å². The van der Waals surface area contributed by atoms with Gasteiger partial charge in [-0.05, 0) is 117 Å².